The van der Waals surface area contributed by atoms with Gasteiger partial charge in [-0.3, -0.25) is 0 Å². The van der Waals surface area contributed by atoms with Crippen LogP contribution < -0.4 is 5.32 Å². The normalized spacial score (nSPS) is 39.3. The molecule has 0 amide bonds. The Balaban J connectivity index is 2.39. The van der Waals surface area contributed by atoms with Crippen molar-refractivity contribution < 1.29 is 25.2 Å². The van der Waals surface area contributed by atoms with Gasteiger partial charge in [0.1, 0.15) is 24.4 Å². The van der Waals surface area contributed by atoms with Gasteiger partial charge >= 0.3 is 0 Å². The standard InChI is InChI=1S/C10H17NO5/c1-2-3-4-11-5-6-7(12)8(13)9(14)10(15)16-6/h1,6-15H,3-5H2/t6-,7?,8+,9-,10+/m1/s1. The van der Waals surface area contributed by atoms with Crippen LogP contribution >= 0.6 is 0 Å². The molecule has 0 saturated carbocycles. The number of nitrogens with one attached hydrogen (secondary N) is 1. The molecule has 0 aromatic heterocycles. The predicted octanol–water partition coefficient (Wildman–Crippen LogP) is -2.60. The molecule has 1 unspecified atom stereocenters. The summed E-state index contributed by atoms with van der Waals surface area (Å²) >= 11 is 0. The molecule has 5 N–H and O–H groups in total. The molecule has 1 aliphatic rings. The monoisotopic (exact) mass is 231 g/mol. The van der Waals surface area contributed by atoms with E-state index in [-0.39, 0.29) is 6.54 Å². The van der Waals surface area contributed by atoms with Crippen molar-refractivity contribution in [3.05, 3.63) is 0 Å². The van der Waals surface area contributed by atoms with E-state index in [0.29, 0.717) is 13.0 Å². The molecule has 0 aromatic rings. The summed E-state index contributed by atoms with van der Waals surface area (Å²) in [6, 6.07) is 0. The van der Waals surface area contributed by atoms with Crippen LogP contribution in [0, 0.1) is 12.3 Å². The quantitative estimate of drug-likeness (QED) is 0.268. The van der Waals surface area contributed by atoms with E-state index < -0.39 is 30.7 Å². The molecule has 5 atom stereocenters. The number of aliphatic hydroxyl groups is 4. The molecule has 1 saturated heterocycles. The third kappa shape index (κ3) is 3.15. The van der Waals surface area contributed by atoms with Crippen molar-refractivity contribution in [1.82, 2.24) is 5.32 Å². The van der Waals surface area contributed by atoms with Crippen LogP contribution in [0.25, 0.3) is 0 Å². The second-order valence-electron chi connectivity index (χ2n) is 3.70. The molecular weight excluding hydrogens is 214 g/mol. The summed E-state index contributed by atoms with van der Waals surface area (Å²) in [5.41, 5.74) is 0. The van der Waals surface area contributed by atoms with Crippen molar-refractivity contribution in [1.29, 1.82) is 0 Å². The molecule has 0 radical (unpaired) electrons. The number of rotatable bonds is 4. The lowest BCUT2D eigenvalue weighted by Crippen LogP contribution is -2.59. The second-order valence-corrected chi connectivity index (χ2v) is 3.70. The Morgan fingerprint density at radius 3 is 2.44 bits per heavy atom. The van der Waals surface area contributed by atoms with E-state index in [4.69, 9.17) is 11.2 Å². The van der Waals surface area contributed by atoms with Gasteiger partial charge in [0.25, 0.3) is 0 Å². The number of hydrogen-bond donors (Lipinski definition) is 5. The predicted molar refractivity (Wildman–Crippen MR) is 55.2 cm³/mol. The van der Waals surface area contributed by atoms with E-state index in [1.54, 1.807) is 0 Å². The first-order valence-corrected chi connectivity index (χ1v) is 5.10. The fourth-order valence-corrected chi connectivity index (χ4v) is 1.50. The Morgan fingerprint density at radius 1 is 1.12 bits per heavy atom. The first-order chi connectivity index (χ1) is 7.57. The summed E-state index contributed by atoms with van der Waals surface area (Å²) in [5.74, 6) is 2.44. The lowest BCUT2D eigenvalue weighted by atomic mass is 9.99. The Morgan fingerprint density at radius 2 is 1.81 bits per heavy atom. The summed E-state index contributed by atoms with van der Waals surface area (Å²) in [6.07, 6.45) is -0.810. The highest BCUT2D eigenvalue weighted by Gasteiger charge is 2.42. The molecule has 16 heavy (non-hydrogen) atoms. The largest absolute Gasteiger partial charge is 0.388 e. The maximum absolute atomic E-state index is 9.56. The molecule has 0 bridgehead atoms. The number of ether oxygens (including phenoxy) is 1. The maximum Gasteiger partial charge on any atom is 0.184 e. The fraction of sp³-hybridized carbons (Fsp3) is 0.800. The van der Waals surface area contributed by atoms with Crippen LogP contribution in [-0.4, -0.2) is 64.2 Å². The Hall–Kier alpha value is -0.680. The molecule has 1 aliphatic heterocycles. The highest BCUT2D eigenvalue weighted by Crippen LogP contribution is 2.19. The van der Waals surface area contributed by atoms with Crippen molar-refractivity contribution in [2.24, 2.45) is 0 Å². The third-order valence-corrected chi connectivity index (χ3v) is 2.48. The Labute approximate surface area is 93.9 Å². The second kappa shape index (κ2) is 6.15. The van der Waals surface area contributed by atoms with Gasteiger partial charge < -0.3 is 30.5 Å². The Bertz CT molecular complexity index is 254. The van der Waals surface area contributed by atoms with Gasteiger partial charge in [-0.1, -0.05) is 0 Å². The molecule has 92 valence electrons. The van der Waals surface area contributed by atoms with Crippen molar-refractivity contribution in [2.45, 2.75) is 37.1 Å². The van der Waals surface area contributed by atoms with E-state index in [1.807, 2.05) is 0 Å². The zero-order chi connectivity index (χ0) is 12.1. The van der Waals surface area contributed by atoms with Gasteiger partial charge in [-0.05, 0) is 0 Å². The molecule has 1 fully saturated rings. The van der Waals surface area contributed by atoms with Crippen LogP contribution in [0.2, 0.25) is 0 Å². The number of aliphatic hydroxyl groups excluding tert-OH is 4. The van der Waals surface area contributed by atoms with E-state index in [9.17, 15) is 20.4 Å². The maximum atomic E-state index is 9.56. The number of hydrogen-bond acceptors (Lipinski definition) is 6. The van der Waals surface area contributed by atoms with Crippen LogP contribution in [0.15, 0.2) is 0 Å². The van der Waals surface area contributed by atoms with Crippen LogP contribution in [-0.2, 0) is 4.74 Å². The average molecular weight is 231 g/mol. The fourth-order valence-electron chi connectivity index (χ4n) is 1.50. The van der Waals surface area contributed by atoms with E-state index in [1.165, 1.54) is 0 Å². The minimum Gasteiger partial charge on any atom is -0.388 e. The Kier molecular flexibility index (Phi) is 5.15. The zero-order valence-corrected chi connectivity index (χ0v) is 8.78. The molecule has 6 nitrogen and oxygen atoms in total. The molecule has 0 aromatic carbocycles. The van der Waals surface area contributed by atoms with Crippen LogP contribution in [0.5, 0.6) is 0 Å². The van der Waals surface area contributed by atoms with Crippen molar-refractivity contribution in [2.75, 3.05) is 13.1 Å². The molecule has 6 heteroatoms. The van der Waals surface area contributed by atoms with E-state index in [0.717, 1.165) is 0 Å². The summed E-state index contributed by atoms with van der Waals surface area (Å²) < 4.78 is 4.94. The lowest BCUT2D eigenvalue weighted by molar-refractivity contribution is -0.280. The topological polar surface area (TPSA) is 102 Å². The van der Waals surface area contributed by atoms with E-state index >= 15 is 0 Å². The van der Waals surface area contributed by atoms with Gasteiger partial charge in [-0.15, -0.1) is 12.3 Å². The SMILES string of the molecule is C#CCCNC[C@H]1O[C@H](O)[C@H](O)[C@@H](O)C1O. The van der Waals surface area contributed by atoms with Crippen LogP contribution in [0.3, 0.4) is 0 Å². The van der Waals surface area contributed by atoms with Crippen LogP contribution in [0.1, 0.15) is 6.42 Å². The summed E-state index contributed by atoms with van der Waals surface area (Å²) in [4.78, 5) is 0. The summed E-state index contributed by atoms with van der Waals surface area (Å²) in [5, 5.41) is 40.3. The molecule has 0 spiro atoms. The minimum atomic E-state index is -1.49. The number of terminal acetylenes is 1. The molecule has 1 rings (SSSR count). The molecule has 1 heterocycles. The zero-order valence-electron chi connectivity index (χ0n) is 8.78. The molecular formula is C10H17NO5. The lowest BCUT2D eigenvalue weighted by Gasteiger charge is -2.38. The van der Waals surface area contributed by atoms with Crippen LogP contribution in [0.4, 0.5) is 0 Å². The highest BCUT2D eigenvalue weighted by atomic mass is 16.6. The third-order valence-electron chi connectivity index (χ3n) is 2.48. The van der Waals surface area contributed by atoms with E-state index in [2.05, 4.69) is 11.2 Å². The summed E-state index contributed by atoms with van der Waals surface area (Å²) in [6.45, 7) is 0.793. The van der Waals surface area contributed by atoms with Gasteiger partial charge in [0.15, 0.2) is 6.29 Å². The van der Waals surface area contributed by atoms with Gasteiger partial charge in [0.2, 0.25) is 0 Å². The average Bonchev–Trinajstić information content (AvgIpc) is 2.28. The smallest absolute Gasteiger partial charge is 0.184 e. The van der Waals surface area contributed by atoms with Crippen molar-refractivity contribution in [3.8, 4) is 12.3 Å². The van der Waals surface area contributed by atoms with Crippen molar-refractivity contribution >= 4 is 0 Å². The minimum absolute atomic E-state index is 0.240. The van der Waals surface area contributed by atoms with Crippen molar-refractivity contribution in [3.63, 3.8) is 0 Å². The molecule has 0 aliphatic carbocycles. The van der Waals surface area contributed by atoms with Gasteiger partial charge in [-0.2, -0.15) is 0 Å². The summed E-state index contributed by atoms with van der Waals surface area (Å²) in [7, 11) is 0. The van der Waals surface area contributed by atoms with Gasteiger partial charge in [0, 0.05) is 19.5 Å². The first kappa shape index (κ1) is 13.4. The first-order valence-electron chi connectivity index (χ1n) is 5.10. The highest BCUT2D eigenvalue weighted by molar-refractivity contribution is 4.90. The van der Waals surface area contributed by atoms with Gasteiger partial charge in [0.05, 0.1) is 0 Å². The van der Waals surface area contributed by atoms with Gasteiger partial charge in [-0.25, -0.2) is 0 Å².